The molecule has 0 radical (unpaired) electrons. The topological polar surface area (TPSA) is 38.8 Å². The first-order chi connectivity index (χ1) is 7.48. The third-order valence-corrected chi connectivity index (χ3v) is 2.00. The average Bonchev–Trinajstić information content (AvgIpc) is 2.99. The molecule has 1 fully saturated rings. The summed E-state index contributed by atoms with van der Waals surface area (Å²) >= 11 is 0. The summed E-state index contributed by atoms with van der Waals surface area (Å²) < 4.78 is 46.7. The molecular formula is C10H7F3O3. The molecule has 2 rings (SSSR count). The van der Waals surface area contributed by atoms with Crippen molar-refractivity contribution in [1.29, 1.82) is 0 Å². The highest BCUT2D eigenvalue weighted by atomic mass is 19.4. The van der Waals surface area contributed by atoms with Gasteiger partial charge < -0.3 is 9.47 Å². The molecule has 0 aromatic heterocycles. The summed E-state index contributed by atoms with van der Waals surface area (Å²) in [5.74, 6) is -1.28. The van der Waals surface area contributed by atoms with Gasteiger partial charge in [0.2, 0.25) is 0 Å². The number of esters is 1. The van der Waals surface area contributed by atoms with E-state index >= 15 is 0 Å². The Kier molecular flexibility index (Phi) is 2.59. The number of rotatable bonds is 2. The highest BCUT2D eigenvalue weighted by Crippen LogP contribution is 2.36. The van der Waals surface area contributed by atoms with E-state index in [4.69, 9.17) is 0 Å². The van der Waals surface area contributed by atoms with Crippen molar-refractivity contribution in [2.75, 3.05) is 6.61 Å². The Morgan fingerprint density at radius 3 is 2.56 bits per heavy atom. The zero-order valence-electron chi connectivity index (χ0n) is 7.95. The molecule has 1 aliphatic rings. The second-order valence-corrected chi connectivity index (χ2v) is 3.24. The van der Waals surface area contributed by atoms with Crippen molar-refractivity contribution < 1.29 is 27.4 Å². The van der Waals surface area contributed by atoms with Gasteiger partial charge in [-0.3, -0.25) is 0 Å². The largest absolute Gasteiger partial charge is 0.424 e. The Morgan fingerprint density at radius 1 is 1.38 bits per heavy atom. The van der Waals surface area contributed by atoms with E-state index in [-0.39, 0.29) is 6.61 Å². The van der Waals surface area contributed by atoms with E-state index in [9.17, 15) is 18.0 Å². The van der Waals surface area contributed by atoms with Crippen molar-refractivity contribution in [2.24, 2.45) is 0 Å². The summed E-state index contributed by atoms with van der Waals surface area (Å²) in [6.45, 7) is 0.201. The van der Waals surface area contributed by atoms with Crippen LogP contribution in [0.2, 0.25) is 0 Å². The molecule has 86 valence electrons. The Labute approximate surface area is 88.8 Å². The van der Waals surface area contributed by atoms with E-state index in [2.05, 4.69) is 9.47 Å². The van der Waals surface area contributed by atoms with Crippen LogP contribution < -0.4 is 4.74 Å². The first-order valence-corrected chi connectivity index (χ1v) is 4.48. The van der Waals surface area contributed by atoms with Crippen LogP contribution in [0.1, 0.15) is 5.56 Å². The Hall–Kier alpha value is -1.56. The fourth-order valence-electron chi connectivity index (χ4n) is 1.15. The molecule has 0 amide bonds. The minimum atomic E-state index is -4.54. The maximum atomic E-state index is 12.5. The van der Waals surface area contributed by atoms with Crippen molar-refractivity contribution in [3.63, 3.8) is 0 Å². The van der Waals surface area contributed by atoms with Gasteiger partial charge in [-0.25, -0.2) is 4.79 Å². The third-order valence-electron chi connectivity index (χ3n) is 2.00. The number of alkyl halides is 3. The minimum absolute atomic E-state index is 0.201. The molecule has 16 heavy (non-hydrogen) atoms. The molecule has 1 atom stereocenters. The van der Waals surface area contributed by atoms with Gasteiger partial charge in [-0.2, -0.15) is 13.2 Å². The van der Waals surface area contributed by atoms with Gasteiger partial charge in [-0.15, -0.1) is 0 Å². The molecule has 1 unspecified atom stereocenters. The maximum Gasteiger partial charge on any atom is 0.419 e. The van der Waals surface area contributed by atoms with Crippen LogP contribution >= 0.6 is 0 Å². The van der Waals surface area contributed by atoms with E-state index in [1.165, 1.54) is 12.1 Å². The molecule has 1 aromatic carbocycles. The van der Waals surface area contributed by atoms with Crippen LogP contribution in [0.4, 0.5) is 13.2 Å². The molecule has 0 aliphatic carbocycles. The highest BCUT2D eigenvalue weighted by Gasteiger charge is 2.37. The van der Waals surface area contributed by atoms with Crippen LogP contribution in [0.15, 0.2) is 24.3 Å². The summed E-state index contributed by atoms with van der Waals surface area (Å²) in [7, 11) is 0. The Bertz CT molecular complexity index is 410. The smallest absolute Gasteiger partial charge is 0.419 e. The fraction of sp³-hybridized carbons (Fsp3) is 0.300. The highest BCUT2D eigenvalue weighted by molar-refractivity contribution is 5.79. The normalized spacial score (nSPS) is 19.3. The number of benzene rings is 1. The minimum Gasteiger partial charge on any atom is -0.424 e. The summed E-state index contributed by atoms with van der Waals surface area (Å²) in [6.07, 6.45) is -5.26. The number of ether oxygens (including phenoxy) is 2. The lowest BCUT2D eigenvalue weighted by molar-refractivity contribution is -0.142. The van der Waals surface area contributed by atoms with E-state index in [1.807, 2.05) is 0 Å². The summed E-state index contributed by atoms with van der Waals surface area (Å²) in [4.78, 5) is 11.1. The van der Waals surface area contributed by atoms with Gasteiger partial charge in [0.05, 0.1) is 12.2 Å². The summed E-state index contributed by atoms with van der Waals surface area (Å²) in [6, 6.07) is 4.55. The quantitative estimate of drug-likeness (QED) is 0.444. The monoisotopic (exact) mass is 232 g/mol. The number of carbonyl (C=O) groups excluding carboxylic acids is 1. The van der Waals surface area contributed by atoms with E-state index < -0.39 is 29.6 Å². The number of hydrogen-bond acceptors (Lipinski definition) is 3. The molecule has 3 nitrogen and oxygen atoms in total. The molecule has 0 bridgehead atoms. The van der Waals surface area contributed by atoms with Gasteiger partial charge >= 0.3 is 12.1 Å². The van der Waals surface area contributed by atoms with Crippen molar-refractivity contribution in [3.05, 3.63) is 29.8 Å². The van der Waals surface area contributed by atoms with Gasteiger partial charge in [0.25, 0.3) is 0 Å². The van der Waals surface area contributed by atoms with Gasteiger partial charge in [0, 0.05) is 0 Å². The second kappa shape index (κ2) is 3.79. The molecule has 0 N–H and O–H groups in total. The predicted molar refractivity (Wildman–Crippen MR) is 46.8 cm³/mol. The predicted octanol–water partition coefficient (Wildman–Crippen LogP) is 2.01. The third kappa shape index (κ3) is 2.33. The summed E-state index contributed by atoms with van der Waals surface area (Å²) in [5, 5.41) is 0. The first-order valence-electron chi connectivity index (χ1n) is 4.48. The van der Waals surface area contributed by atoms with Crippen LogP contribution in [-0.2, 0) is 15.7 Å². The fourth-order valence-corrected chi connectivity index (χ4v) is 1.15. The number of carbonyl (C=O) groups is 1. The van der Waals surface area contributed by atoms with Gasteiger partial charge in [0.1, 0.15) is 5.75 Å². The van der Waals surface area contributed by atoms with E-state index in [0.717, 1.165) is 12.1 Å². The van der Waals surface area contributed by atoms with Gasteiger partial charge in [-0.1, -0.05) is 12.1 Å². The lowest BCUT2D eigenvalue weighted by Gasteiger charge is -2.11. The van der Waals surface area contributed by atoms with Gasteiger partial charge in [-0.05, 0) is 12.1 Å². The van der Waals surface area contributed by atoms with Crippen molar-refractivity contribution in [3.8, 4) is 5.75 Å². The zero-order valence-corrected chi connectivity index (χ0v) is 7.95. The van der Waals surface area contributed by atoms with Gasteiger partial charge in [0.15, 0.2) is 6.10 Å². The molecular weight excluding hydrogens is 225 g/mol. The van der Waals surface area contributed by atoms with Crippen molar-refractivity contribution in [1.82, 2.24) is 0 Å². The molecule has 0 spiro atoms. The maximum absolute atomic E-state index is 12.5. The molecule has 1 saturated heterocycles. The number of epoxide rings is 1. The van der Waals surface area contributed by atoms with Crippen LogP contribution in [0.25, 0.3) is 0 Å². The SMILES string of the molecule is O=C(Oc1ccccc1C(F)(F)F)C1CO1. The molecule has 1 aliphatic heterocycles. The average molecular weight is 232 g/mol. The van der Waals surface area contributed by atoms with Crippen LogP contribution in [0.5, 0.6) is 5.75 Å². The summed E-state index contributed by atoms with van der Waals surface area (Å²) in [5.41, 5.74) is -0.969. The van der Waals surface area contributed by atoms with Crippen LogP contribution in [0, 0.1) is 0 Å². The Balaban J connectivity index is 2.22. The number of halogens is 3. The Morgan fingerprint density at radius 2 is 2.00 bits per heavy atom. The lowest BCUT2D eigenvalue weighted by Crippen LogP contribution is -2.17. The first kappa shape index (κ1) is 10.9. The number of para-hydroxylation sites is 1. The number of hydrogen-bond donors (Lipinski definition) is 0. The standard InChI is InChI=1S/C10H7F3O3/c11-10(12,13)6-3-1-2-4-7(6)16-9(14)8-5-15-8/h1-4,8H,5H2. The lowest BCUT2D eigenvalue weighted by atomic mass is 10.2. The second-order valence-electron chi connectivity index (χ2n) is 3.24. The van der Waals surface area contributed by atoms with E-state index in [0.29, 0.717) is 0 Å². The van der Waals surface area contributed by atoms with Crippen LogP contribution in [0.3, 0.4) is 0 Å². The molecule has 1 heterocycles. The van der Waals surface area contributed by atoms with Crippen molar-refractivity contribution in [2.45, 2.75) is 12.3 Å². The van der Waals surface area contributed by atoms with Crippen LogP contribution in [-0.4, -0.2) is 18.7 Å². The van der Waals surface area contributed by atoms with E-state index in [1.54, 1.807) is 0 Å². The molecule has 6 heteroatoms. The zero-order chi connectivity index (χ0) is 11.8. The molecule has 0 saturated carbocycles. The molecule has 1 aromatic rings. The van der Waals surface area contributed by atoms with Crippen molar-refractivity contribution >= 4 is 5.97 Å².